The molecule has 1 aliphatic rings. The van der Waals surface area contributed by atoms with Gasteiger partial charge in [0.2, 0.25) is 15.9 Å². The van der Waals surface area contributed by atoms with Crippen molar-refractivity contribution in [2.45, 2.75) is 63.8 Å². The van der Waals surface area contributed by atoms with E-state index in [2.05, 4.69) is 5.32 Å². The maximum atomic E-state index is 14.0. The Labute approximate surface area is 182 Å². The third kappa shape index (κ3) is 5.13. The molecule has 3 rings (SSSR count). The minimum absolute atomic E-state index is 0.188. The normalized spacial score (nSPS) is 15.3. The predicted octanol–water partition coefficient (Wildman–Crippen LogP) is 4.85. The van der Waals surface area contributed by atoms with Gasteiger partial charge in [-0.1, -0.05) is 43.0 Å². The highest BCUT2D eigenvalue weighted by Crippen LogP contribution is 2.31. The van der Waals surface area contributed by atoms with Crippen LogP contribution >= 0.6 is 0 Å². The van der Waals surface area contributed by atoms with Crippen LogP contribution in [0.3, 0.4) is 0 Å². The van der Waals surface area contributed by atoms with Crippen LogP contribution in [-0.4, -0.2) is 31.2 Å². The molecule has 0 aromatic heterocycles. The maximum absolute atomic E-state index is 14.0. The summed E-state index contributed by atoms with van der Waals surface area (Å²) in [6.07, 6.45) is 4.03. The fourth-order valence-electron chi connectivity index (χ4n) is 4.41. The minimum Gasteiger partial charge on any atom is -0.320 e. The molecule has 0 heterocycles. The summed E-state index contributed by atoms with van der Waals surface area (Å²) in [6, 6.07) is 6.53. The van der Waals surface area contributed by atoms with Crippen molar-refractivity contribution >= 4 is 21.6 Å². The van der Waals surface area contributed by atoms with Crippen molar-refractivity contribution in [1.82, 2.24) is 4.31 Å². The number of rotatable bonds is 6. The Bertz CT molecular complexity index is 1040. The van der Waals surface area contributed by atoms with Gasteiger partial charge >= 0.3 is 0 Å². The summed E-state index contributed by atoms with van der Waals surface area (Å²) in [5.41, 5.74) is 1.60. The summed E-state index contributed by atoms with van der Waals surface area (Å²) in [4.78, 5) is 12.9. The van der Waals surface area contributed by atoms with Crippen LogP contribution in [0.25, 0.3) is 0 Å². The first-order valence-corrected chi connectivity index (χ1v) is 11.9. The number of carbonyl (C=O) groups excluding carboxylic acids is 1. The standard InChI is InChI=1S/C23H28F2N2O3S/c1-15-12-16(2)23(17(3)13-15)31(29,30)27(18-8-5-4-6-9-18)14-21(28)26-22-19(24)10-7-11-20(22)25/h7,10-13,18H,4-6,8-9,14H2,1-3H3,(H,26,28). The molecule has 8 heteroatoms. The number of amides is 1. The molecule has 0 bridgehead atoms. The zero-order valence-electron chi connectivity index (χ0n) is 18.0. The largest absolute Gasteiger partial charge is 0.320 e. The van der Waals surface area contributed by atoms with Crippen LogP contribution in [0.5, 0.6) is 0 Å². The van der Waals surface area contributed by atoms with Crippen LogP contribution in [0, 0.1) is 32.4 Å². The maximum Gasteiger partial charge on any atom is 0.244 e. The number of benzene rings is 2. The van der Waals surface area contributed by atoms with Gasteiger partial charge in [-0.25, -0.2) is 17.2 Å². The molecular formula is C23H28F2N2O3S. The molecule has 0 unspecified atom stereocenters. The van der Waals surface area contributed by atoms with Gasteiger partial charge in [0.25, 0.3) is 0 Å². The van der Waals surface area contributed by atoms with Crippen molar-refractivity contribution in [3.05, 3.63) is 58.7 Å². The Balaban J connectivity index is 1.96. The van der Waals surface area contributed by atoms with Crippen LogP contribution in [0.2, 0.25) is 0 Å². The van der Waals surface area contributed by atoms with Crippen LogP contribution in [-0.2, 0) is 14.8 Å². The smallest absolute Gasteiger partial charge is 0.244 e. The quantitative estimate of drug-likeness (QED) is 0.684. The molecule has 168 valence electrons. The lowest BCUT2D eigenvalue weighted by atomic mass is 9.95. The molecular weight excluding hydrogens is 422 g/mol. The number of nitrogens with zero attached hydrogens (tertiary/aromatic N) is 1. The highest BCUT2D eigenvalue weighted by molar-refractivity contribution is 7.89. The molecule has 0 spiro atoms. The number of halogens is 2. The van der Waals surface area contributed by atoms with E-state index in [9.17, 15) is 22.0 Å². The van der Waals surface area contributed by atoms with Crippen LogP contribution in [0.1, 0.15) is 48.8 Å². The fourth-order valence-corrected chi connectivity index (χ4v) is 6.46. The van der Waals surface area contributed by atoms with Gasteiger partial charge in [0, 0.05) is 6.04 Å². The molecule has 0 atom stereocenters. The number of sulfonamides is 1. The highest BCUT2D eigenvalue weighted by Gasteiger charge is 2.36. The first-order valence-electron chi connectivity index (χ1n) is 10.4. The zero-order valence-corrected chi connectivity index (χ0v) is 18.9. The third-order valence-electron chi connectivity index (χ3n) is 5.68. The molecule has 2 aromatic carbocycles. The van der Waals surface area contributed by atoms with Crippen molar-refractivity contribution < 1.29 is 22.0 Å². The molecule has 5 nitrogen and oxygen atoms in total. The SMILES string of the molecule is Cc1cc(C)c(S(=O)(=O)N(CC(=O)Nc2c(F)cccc2F)C2CCCCC2)c(C)c1. The van der Waals surface area contributed by atoms with Crippen LogP contribution in [0.15, 0.2) is 35.2 Å². The molecule has 2 aromatic rings. The van der Waals surface area contributed by atoms with Gasteiger partial charge in [0.05, 0.1) is 11.4 Å². The lowest BCUT2D eigenvalue weighted by molar-refractivity contribution is -0.116. The van der Waals surface area contributed by atoms with Crippen molar-refractivity contribution in [2.24, 2.45) is 0 Å². The first-order chi connectivity index (χ1) is 14.6. The van der Waals surface area contributed by atoms with Gasteiger partial charge in [-0.15, -0.1) is 0 Å². The van der Waals surface area contributed by atoms with Crippen molar-refractivity contribution in [3.8, 4) is 0 Å². The van der Waals surface area contributed by atoms with Gasteiger partial charge in [0.15, 0.2) is 0 Å². The molecule has 0 saturated heterocycles. The fraction of sp³-hybridized carbons (Fsp3) is 0.435. The second kappa shape index (κ2) is 9.44. The average molecular weight is 451 g/mol. The van der Waals surface area contributed by atoms with Crippen LogP contribution < -0.4 is 5.32 Å². The van der Waals surface area contributed by atoms with Gasteiger partial charge < -0.3 is 5.32 Å². The Hall–Kier alpha value is -2.32. The molecule has 1 N–H and O–H groups in total. The summed E-state index contributed by atoms with van der Waals surface area (Å²) < 4.78 is 56.5. The minimum atomic E-state index is -4.00. The number of para-hydroxylation sites is 1. The molecule has 1 saturated carbocycles. The molecule has 1 aliphatic carbocycles. The number of carbonyl (C=O) groups is 1. The van der Waals surface area contributed by atoms with Crippen LogP contribution in [0.4, 0.5) is 14.5 Å². The summed E-state index contributed by atoms with van der Waals surface area (Å²) in [5, 5.41) is 2.21. The molecule has 0 aliphatic heterocycles. The summed E-state index contributed by atoms with van der Waals surface area (Å²) in [7, 11) is -4.00. The lowest BCUT2D eigenvalue weighted by Gasteiger charge is -2.33. The van der Waals surface area contributed by atoms with E-state index in [4.69, 9.17) is 0 Å². The number of hydrogen-bond acceptors (Lipinski definition) is 3. The Kier molecular flexibility index (Phi) is 7.11. The number of aryl methyl sites for hydroxylation is 3. The number of hydrogen-bond donors (Lipinski definition) is 1. The Morgan fingerprint density at radius 2 is 1.58 bits per heavy atom. The lowest BCUT2D eigenvalue weighted by Crippen LogP contribution is -2.46. The van der Waals surface area contributed by atoms with Crippen molar-refractivity contribution in [1.29, 1.82) is 0 Å². The second-order valence-corrected chi connectivity index (χ2v) is 10.0. The molecule has 31 heavy (non-hydrogen) atoms. The average Bonchev–Trinajstić information content (AvgIpc) is 2.68. The van der Waals surface area contributed by atoms with Crippen molar-refractivity contribution in [2.75, 3.05) is 11.9 Å². The number of anilines is 1. The Morgan fingerprint density at radius 3 is 2.13 bits per heavy atom. The van der Waals surface area contributed by atoms with Crippen molar-refractivity contribution in [3.63, 3.8) is 0 Å². The third-order valence-corrected chi connectivity index (χ3v) is 7.88. The second-order valence-electron chi connectivity index (χ2n) is 8.21. The zero-order chi connectivity index (χ0) is 22.8. The van der Waals surface area contributed by atoms with E-state index in [0.717, 1.165) is 37.0 Å². The highest BCUT2D eigenvalue weighted by atomic mass is 32.2. The topological polar surface area (TPSA) is 66.5 Å². The molecule has 0 radical (unpaired) electrons. The monoisotopic (exact) mass is 450 g/mol. The molecule has 1 amide bonds. The van der Waals surface area contributed by atoms with Gasteiger partial charge in [-0.05, 0) is 56.9 Å². The predicted molar refractivity (Wildman–Crippen MR) is 116 cm³/mol. The number of nitrogens with one attached hydrogen (secondary N) is 1. The van der Waals surface area contributed by atoms with Gasteiger partial charge in [-0.3, -0.25) is 4.79 Å². The van der Waals surface area contributed by atoms with Gasteiger partial charge in [-0.2, -0.15) is 4.31 Å². The first kappa shape index (κ1) is 23.3. The van der Waals surface area contributed by atoms with E-state index in [1.165, 1.54) is 10.4 Å². The summed E-state index contributed by atoms with van der Waals surface area (Å²) in [5.74, 6) is -2.60. The summed E-state index contributed by atoms with van der Waals surface area (Å²) >= 11 is 0. The van der Waals surface area contributed by atoms with E-state index in [1.54, 1.807) is 26.0 Å². The van der Waals surface area contributed by atoms with Gasteiger partial charge in [0.1, 0.15) is 17.3 Å². The van der Waals surface area contributed by atoms with E-state index >= 15 is 0 Å². The van der Waals surface area contributed by atoms with E-state index in [-0.39, 0.29) is 10.9 Å². The Morgan fingerprint density at radius 1 is 1.03 bits per heavy atom. The molecule has 1 fully saturated rings. The van der Waals surface area contributed by atoms with E-state index in [1.807, 2.05) is 6.92 Å². The van der Waals surface area contributed by atoms with E-state index < -0.39 is 39.8 Å². The van der Waals surface area contributed by atoms with E-state index in [0.29, 0.717) is 24.0 Å². The summed E-state index contributed by atoms with van der Waals surface area (Å²) in [6.45, 7) is 4.86.